The van der Waals surface area contributed by atoms with E-state index < -0.39 is 5.60 Å². The van der Waals surface area contributed by atoms with Crippen molar-refractivity contribution < 1.29 is 19.0 Å². The van der Waals surface area contributed by atoms with Gasteiger partial charge in [-0.05, 0) is 38.0 Å². The van der Waals surface area contributed by atoms with Gasteiger partial charge in [-0.15, -0.1) is 0 Å². The summed E-state index contributed by atoms with van der Waals surface area (Å²) in [6, 6.07) is 5.19. The molecule has 1 aliphatic rings. The van der Waals surface area contributed by atoms with E-state index in [4.69, 9.17) is 14.2 Å². The monoisotopic (exact) mass is 250 g/mol. The van der Waals surface area contributed by atoms with E-state index in [9.17, 15) is 4.79 Å². The van der Waals surface area contributed by atoms with Crippen LogP contribution in [0.3, 0.4) is 0 Å². The van der Waals surface area contributed by atoms with Gasteiger partial charge in [-0.1, -0.05) is 0 Å². The van der Waals surface area contributed by atoms with E-state index in [1.807, 2.05) is 6.92 Å². The molecule has 1 aliphatic heterocycles. The van der Waals surface area contributed by atoms with Crippen LogP contribution >= 0.6 is 0 Å². The van der Waals surface area contributed by atoms with Crippen molar-refractivity contribution in [1.82, 2.24) is 0 Å². The third-order valence-electron chi connectivity index (χ3n) is 3.34. The minimum absolute atomic E-state index is 0.000882. The molecule has 0 N–H and O–H groups in total. The molecule has 0 radical (unpaired) electrons. The number of carbonyl (C=O) groups excluding carboxylic acids is 1. The molecule has 0 spiro atoms. The average molecular weight is 250 g/mol. The molecule has 0 saturated carbocycles. The van der Waals surface area contributed by atoms with Crippen LogP contribution in [0.25, 0.3) is 0 Å². The molecule has 98 valence electrons. The fourth-order valence-electron chi connectivity index (χ4n) is 2.24. The zero-order chi connectivity index (χ0) is 13.2. The molecule has 0 aromatic heterocycles. The van der Waals surface area contributed by atoms with Crippen molar-refractivity contribution >= 4 is 5.78 Å². The minimum Gasteiger partial charge on any atom is -0.493 e. The van der Waals surface area contributed by atoms with Gasteiger partial charge in [-0.3, -0.25) is 4.79 Å². The molecule has 1 saturated heterocycles. The molecule has 0 amide bonds. The second-order valence-corrected chi connectivity index (χ2v) is 4.58. The van der Waals surface area contributed by atoms with Crippen molar-refractivity contribution in [3.05, 3.63) is 23.8 Å². The number of ether oxygens (including phenoxy) is 3. The summed E-state index contributed by atoms with van der Waals surface area (Å²) in [5.41, 5.74) is -0.100. The first kappa shape index (κ1) is 12.9. The number of hydrogen-bond acceptors (Lipinski definition) is 4. The number of benzene rings is 1. The van der Waals surface area contributed by atoms with E-state index in [2.05, 4.69) is 0 Å². The largest absolute Gasteiger partial charge is 0.493 e. The molecular formula is C14H18O4. The van der Waals surface area contributed by atoms with E-state index in [1.165, 1.54) is 0 Å². The van der Waals surface area contributed by atoms with Gasteiger partial charge in [0.05, 0.1) is 14.2 Å². The summed E-state index contributed by atoms with van der Waals surface area (Å²) in [5, 5.41) is 0. The second-order valence-electron chi connectivity index (χ2n) is 4.58. The van der Waals surface area contributed by atoms with Crippen molar-refractivity contribution in [3.63, 3.8) is 0 Å². The molecule has 4 nitrogen and oxygen atoms in total. The lowest BCUT2D eigenvalue weighted by molar-refractivity contribution is 0.0213. The van der Waals surface area contributed by atoms with Crippen LogP contribution in [0, 0.1) is 0 Å². The van der Waals surface area contributed by atoms with Crippen LogP contribution < -0.4 is 9.47 Å². The van der Waals surface area contributed by atoms with E-state index in [0.29, 0.717) is 23.7 Å². The maximum atomic E-state index is 12.4. The van der Waals surface area contributed by atoms with Crippen molar-refractivity contribution in [2.24, 2.45) is 0 Å². The SMILES string of the molecule is COc1ccc(C(=O)C2(C)CCCO2)cc1OC. The Bertz CT molecular complexity index is 447. The van der Waals surface area contributed by atoms with Crippen molar-refractivity contribution in [2.45, 2.75) is 25.4 Å². The fraction of sp³-hybridized carbons (Fsp3) is 0.500. The fourth-order valence-corrected chi connectivity index (χ4v) is 2.24. The molecule has 1 aromatic rings. The van der Waals surface area contributed by atoms with Crippen molar-refractivity contribution in [2.75, 3.05) is 20.8 Å². The highest BCUT2D eigenvalue weighted by Crippen LogP contribution is 2.33. The van der Waals surface area contributed by atoms with Gasteiger partial charge in [0, 0.05) is 12.2 Å². The Morgan fingerprint density at radius 2 is 2.00 bits per heavy atom. The van der Waals surface area contributed by atoms with Crippen LogP contribution in [-0.2, 0) is 4.74 Å². The Kier molecular flexibility index (Phi) is 3.57. The van der Waals surface area contributed by atoms with Gasteiger partial charge in [0.15, 0.2) is 17.3 Å². The number of rotatable bonds is 4. The summed E-state index contributed by atoms with van der Waals surface area (Å²) in [6.07, 6.45) is 1.69. The molecule has 0 aliphatic carbocycles. The molecule has 4 heteroatoms. The number of methoxy groups -OCH3 is 2. The number of ketones is 1. The maximum absolute atomic E-state index is 12.4. The molecule has 18 heavy (non-hydrogen) atoms. The number of Topliss-reactive ketones (excluding diaryl/α,β-unsaturated/α-hetero) is 1. The quantitative estimate of drug-likeness (QED) is 0.770. The first-order chi connectivity index (χ1) is 8.60. The number of carbonyl (C=O) groups is 1. The highest BCUT2D eigenvalue weighted by Gasteiger charge is 2.38. The van der Waals surface area contributed by atoms with Crippen molar-refractivity contribution in [3.8, 4) is 11.5 Å². The molecule has 1 atom stereocenters. The summed E-state index contributed by atoms with van der Waals surface area (Å²) >= 11 is 0. The van der Waals surface area contributed by atoms with Gasteiger partial charge in [0.1, 0.15) is 5.60 Å². The molecule has 1 unspecified atom stereocenters. The second kappa shape index (κ2) is 4.98. The first-order valence-corrected chi connectivity index (χ1v) is 6.01. The zero-order valence-electron chi connectivity index (χ0n) is 11.0. The third kappa shape index (κ3) is 2.20. The standard InChI is InChI=1S/C14H18O4/c1-14(7-4-8-18-14)13(15)10-5-6-11(16-2)12(9-10)17-3/h5-6,9H,4,7-8H2,1-3H3. The Balaban J connectivity index is 2.31. The van der Waals surface area contributed by atoms with Gasteiger partial charge in [-0.2, -0.15) is 0 Å². The molecule has 1 aromatic carbocycles. The van der Waals surface area contributed by atoms with Gasteiger partial charge >= 0.3 is 0 Å². The van der Waals surface area contributed by atoms with Gasteiger partial charge < -0.3 is 14.2 Å². The lowest BCUT2D eigenvalue weighted by atomic mass is 9.92. The van der Waals surface area contributed by atoms with Gasteiger partial charge in [0.25, 0.3) is 0 Å². The molecular weight excluding hydrogens is 232 g/mol. The van der Waals surface area contributed by atoms with Crippen LogP contribution in [0.4, 0.5) is 0 Å². The maximum Gasteiger partial charge on any atom is 0.194 e. The van der Waals surface area contributed by atoms with Crippen LogP contribution in [0.1, 0.15) is 30.1 Å². The van der Waals surface area contributed by atoms with E-state index in [-0.39, 0.29) is 5.78 Å². The molecule has 1 heterocycles. The number of hydrogen-bond donors (Lipinski definition) is 0. The average Bonchev–Trinajstić information content (AvgIpc) is 2.85. The summed E-state index contributed by atoms with van der Waals surface area (Å²) < 4.78 is 15.9. The summed E-state index contributed by atoms with van der Waals surface area (Å²) in [6.45, 7) is 2.49. The summed E-state index contributed by atoms with van der Waals surface area (Å²) in [7, 11) is 3.13. The Morgan fingerprint density at radius 1 is 1.28 bits per heavy atom. The van der Waals surface area contributed by atoms with E-state index in [0.717, 1.165) is 12.8 Å². The van der Waals surface area contributed by atoms with Crippen LogP contribution in [0.15, 0.2) is 18.2 Å². The van der Waals surface area contributed by atoms with Gasteiger partial charge in [0.2, 0.25) is 0 Å². The predicted octanol–water partition coefficient (Wildman–Crippen LogP) is 2.46. The highest BCUT2D eigenvalue weighted by molar-refractivity contribution is 6.02. The Hall–Kier alpha value is -1.55. The Labute approximate surface area is 107 Å². The summed E-state index contributed by atoms with van der Waals surface area (Å²) in [4.78, 5) is 12.4. The van der Waals surface area contributed by atoms with E-state index in [1.54, 1.807) is 32.4 Å². The first-order valence-electron chi connectivity index (χ1n) is 6.01. The smallest absolute Gasteiger partial charge is 0.194 e. The Morgan fingerprint density at radius 3 is 2.56 bits per heavy atom. The highest BCUT2D eigenvalue weighted by atomic mass is 16.5. The minimum atomic E-state index is -0.695. The lowest BCUT2D eigenvalue weighted by Crippen LogP contribution is -2.34. The summed E-state index contributed by atoms with van der Waals surface area (Å²) in [5.74, 6) is 1.18. The molecule has 1 fully saturated rings. The lowest BCUT2D eigenvalue weighted by Gasteiger charge is -2.21. The van der Waals surface area contributed by atoms with Crippen LogP contribution in [-0.4, -0.2) is 32.2 Å². The topological polar surface area (TPSA) is 44.8 Å². The van der Waals surface area contributed by atoms with Crippen LogP contribution in [0.5, 0.6) is 11.5 Å². The van der Waals surface area contributed by atoms with Crippen molar-refractivity contribution in [1.29, 1.82) is 0 Å². The third-order valence-corrected chi connectivity index (χ3v) is 3.34. The van der Waals surface area contributed by atoms with Gasteiger partial charge in [-0.25, -0.2) is 0 Å². The molecule has 2 rings (SSSR count). The van der Waals surface area contributed by atoms with E-state index >= 15 is 0 Å². The zero-order valence-corrected chi connectivity index (χ0v) is 11.0. The molecule has 0 bridgehead atoms. The normalized spacial score (nSPS) is 22.8. The predicted molar refractivity (Wildman–Crippen MR) is 67.5 cm³/mol. The van der Waals surface area contributed by atoms with Crippen LogP contribution in [0.2, 0.25) is 0 Å².